The SMILES string of the molecule is Cc1cc(Br)c(NCCO[Si](C)(C)C(C)(C)C)c2c1CN(C(=O)CC1CN(c3ccnc(C(F)(F)F)c3)C1)C2. The second-order valence-electron chi connectivity index (χ2n) is 12.2. The number of rotatable bonds is 8. The van der Waals surface area contributed by atoms with E-state index in [2.05, 4.69) is 73.1 Å². The van der Waals surface area contributed by atoms with Gasteiger partial charge in [-0.05, 0) is 70.3 Å². The number of carbonyl (C=O) groups is 1. The van der Waals surface area contributed by atoms with E-state index in [1.165, 1.54) is 11.8 Å². The number of nitrogens with one attached hydrogen (secondary N) is 1. The van der Waals surface area contributed by atoms with Crippen LogP contribution in [0.15, 0.2) is 28.9 Å². The Hall–Kier alpha value is -2.11. The standard InChI is InChI=1S/C28H38BrF3N4O2Si/c1-18-11-23(29)26(34-9-10-38-39(5,6)27(2,3)4)22-17-36(16-21(18)22)25(37)12-19-14-35(15-19)20-7-8-33-24(13-20)28(30,31)32/h7-8,11,13,19,34H,9-10,12,14-17H2,1-6H3. The molecule has 1 saturated heterocycles. The van der Waals surface area contributed by atoms with E-state index in [1.807, 2.05) is 9.80 Å². The molecule has 0 atom stereocenters. The molecule has 0 unspecified atom stereocenters. The molecule has 2 aliphatic rings. The van der Waals surface area contributed by atoms with Gasteiger partial charge in [0.25, 0.3) is 0 Å². The van der Waals surface area contributed by atoms with Crippen LogP contribution in [0.2, 0.25) is 18.1 Å². The maximum atomic E-state index is 13.2. The Bertz CT molecular complexity index is 1230. The molecule has 0 radical (unpaired) electrons. The Morgan fingerprint density at radius 3 is 2.49 bits per heavy atom. The molecule has 1 N–H and O–H groups in total. The third-order valence-electron chi connectivity index (χ3n) is 8.27. The van der Waals surface area contributed by atoms with Crippen molar-refractivity contribution in [2.24, 2.45) is 5.92 Å². The van der Waals surface area contributed by atoms with Gasteiger partial charge in [-0.15, -0.1) is 0 Å². The minimum absolute atomic E-state index is 0.0734. The molecular formula is C28H38BrF3N4O2Si. The number of nitrogens with zero attached hydrogens (tertiary/aromatic N) is 3. The number of hydrogen-bond donors (Lipinski definition) is 1. The van der Waals surface area contributed by atoms with Crippen LogP contribution in [0.1, 0.15) is 49.6 Å². The van der Waals surface area contributed by atoms with Gasteiger partial charge < -0.3 is 19.5 Å². The van der Waals surface area contributed by atoms with Crippen LogP contribution in [0.5, 0.6) is 0 Å². The number of fused-ring (bicyclic) bond motifs is 1. The lowest BCUT2D eigenvalue weighted by Gasteiger charge is -2.41. The minimum atomic E-state index is -4.47. The van der Waals surface area contributed by atoms with Crippen LogP contribution in [0.3, 0.4) is 0 Å². The van der Waals surface area contributed by atoms with Gasteiger partial charge in [0.15, 0.2) is 8.32 Å². The van der Waals surface area contributed by atoms with Crippen molar-refractivity contribution in [2.75, 3.05) is 36.5 Å². The molecule has 0 bridgehead atoms. The van der Waals surface area contributed by atoms with E-state index in [1.54, 1.807) is 6.07 Å². The van der Waals surface area contributed by atoms with E-state index in [-0.39, 0.29) is 16.9 Å². The maximum Gasteiger partial charge on any atom is 0.433 e. The van der Waals surface area contributed by atoms with E-state index in [9.17, 15) is 18.0 Å². The van der Waals surface area contributed by atoms with E-state index >= 15 is 0 Å². The van der Waals surface area contributed by atoms with Gasteiger partial charge in [-0.1, -0.05) is 20.8 Å². The van der Waals surface area contributed by atoms with Crippen LogP contribution in [-0.4, -0.2) is 50.3 Å². The lowest BCUT2D eigenvalue weighted by Crippen LogP contribution is -2.48. The number of benzene rings is 1. The van der Waals surface area contributed by atoms with Gasteiger partial charge in [-0.25, -0.2) is 0 Å². The summed E-state index contributed by atoms with van der Waals surface area (Å²) in [7, 11) is -1.83. The van der Waals surface area contributed by atoms with Crippen LogP contribution >= 0.6 is 15.9 Å². The second-order valence-corrected chi connectivity index (χ2v) is 17.8. The first-order valence-electron chi connectivity index (χ1n) is 13.3. The third-order valence-corrected chi connectivity index (χ3v) is 13.4. The molecule has 6 nitrogen and oxygen atoms in total. The molecule has 0 spiro atoms. The van der Waals surface area contributed by atoms with E-state index in [4.69, 9.17) is 4.43 Å². The fourth-order valence-electron chi connectivity index (χ4n) is 4.84. The summed E-state index contributed by atoms with van der Waals surface area (Å²) in [6.45, 7) is 16.7. The monoisotopic (exact) mass is 626 g/mol. The highest BCUT2D eigenvalue weighted by molar-refractivity contribution is 9.10. The number of carbonyl (C=O) groups excluding carboxylic acids is 1. The zero-order chi connectivity index (χ0) is 28.8. The number of anilines is 2. The van der Waals surface area contributed by atoms with Crippen LogP contribution < -0.4 is 10.2 Å². The number of hydrogen-bond acceptors (Lipinski definition) is 5. The molecule has 1 fully saturated rings. The van der Waals surface area contributed by atoms with Crippen molar-refractivity contribution in [2.45, 2.75) is 71.5 Å². The van der Waals surface area contributed by atoms with Crippen LogP contribution in [-0.2, 0) is 28.5 Å². The Labute approximate surface area is 238 Å². The molecule has 11 heteroatoms. The molecule has 0 aliphatic carbocycles. The Morgan fingerprint density at radius 1 is 1.18 bits per heavy atom. The average Bonchev–Trinajstić information content (AvgIpc) is 3.25. The van der Waals surface area contributed by atoms with Gasteiger partial charge in [0.05, 0.1) is 12.3 Å². The Balaban J connectivity index is 1.33. The summed E-state index contributed by atoms with van der Waals surface area (Å²) in [4.78, 5) is 20.4. The number of amides is 1. The van der Waals surface area contributed by atoms with Crippen molar-refractivity contribution in [3.8, 4) is 0 Å². The molecule has 2 aromatic rings. The summed E-state index contributed by atoms with van der Waals surface area (Å²) in [6, 6.07) is 4.75. The molecule has 1 aromatic carbocycles. The first kappa shape index (κ1) is 29.9. The topological polar surface area (TPSA) is 57.7 Å². The van der Waals surface area contributed by atoms with Crippen LogP contribution in [0.4, 0.5) is 24.5 Å². The normalized spacial score (nSPS) is 16.4. The van der Waals surface area contributed by atoms with E-state index in [0.717, 1.165) is 27.4 Å². The lowest BCUT2D eigenvalue weighted by molar-refractivity contribution is -0.141. The molecule has 2 aliphatic heterocycles. The van der Waals surface area contributed by atoms with Gasteiger partial charge >= 0.3 is 6.18 Å². The maximum absolute atomic E-state index is 13.2. The first-order chi connectivity index (χ1) is 18.1. The molecular weight excluding hydrogens is 589 g/mol. The predicted molar refractivity (Wildman–Crippen MR) is 154 cm³/mol. The number of aromatic nitrogens is 1. The highest BCUT2D eigenvalue weighted by Crippen LogP contribution is 2.39. The molecule has 3 heterocycles. The first-order valence-corrected chi connectivity index (χ1v) is 17.0. The molecule has 39 heavy (non-hydrogen) atoms. The molecule has 1 aromatic heterocycles. The number of aryl methyl sites for hydroxylation is 1. The van der Waals surface area contributed by atoms with Gasteiger partial charge in [0.2, 0.25) is 5.91 Å². The summed E-state index contributed by atoms with van der Waals surface area (Å²) < 4.78 is 46.3. The smallest absolute Gasteiger partial charge is 0.415 e. The van der Waals surface area contributed by atoms with E-state index in [0.29, 0.717) is 51.4 Å². The van der Waals surface area contributed by atoms with Crippen molar-refractivity contribution >= 4 is 41.5 Å². The summed E-state index contributed by atoms with van der Waals surface area (Å²) in [5.74, 6) is 0.186. The zero-order valence-corrected chi connectivity index (χ0v) is 26.1. The van der Waals surface area contributed by atoms with Gasteiger partial charge in [0.1, 0.15) is 5.69 Å². The van der Waals surface area contributed by atoms with Crippen molar-refractivity contribution in [1.82, 2.24) is 9.88 Å². The predicted octanol–water partition coefficient (Wildman–Crippen LogP) is 6.97. The minimum Gasteiger partial charge on any atom is -0.415 e. The summed E-state index contributed by atoms with van der Waals surface area (Å²) in [6.07, 6.45) is -2.91. The molecule has 4 rings (SSSR count). The average molecular weight is 628 g/mol. The van der Waals surface area contributed by atoms with Crippen molar-refractivity contribution in [3.05, 3.63) is 51.3 Å². The third kappa shape index (κ3) is 6.62. The lowest BCUT2D eigenvalue weighted by atomic mass is 9.95. The van der Waals surface area contributed by atoms with E-state index < -0.39 is 20.2 Å². The number of alkyl halides is 3. The van der Waals surface area contributed by atoms with Gasteiger partial charge in [-0.2, -0.15) is 13.2 Å². The van der Waals surface area contributed by atoms with Crippen LogP contribution in [0.25, 0.3) is 0 Å². The van der Waals surface area contributed by atoms with Gasteiger partial charge in [-0.3, -0.25) is 9.78 Å². The number of halogens is 4. The summed E-state index contributed by atoms with van der Waals surface area (Å²) >= 11 is 3.71. The quantitative estimate of drug-likeness (QED) is 0.253. The molecule has 214 valence electrons. The fraction of sp³-hybridized carbons (Fsp3) is 0.571. The van der Waals surface area contributed by atoms with Gasteiger partial charge in [0, 0.05) is 67.0 Å². The fourth-order valence-corrected chi connectivity index (χ4v) is 6.61. The molecule has 0 saturated carbocycles. The van der Waals surface area contributed by atoms with Crippen LogP contribution in [0, 0.1) is 12.8 Å². The molecule has 1 amide bonds. The highest BCUT2D eigenvalue weighted by Gasteiger charge is 2.38. The summed E-state index contributed by atoms with van der Waals surface area (Å²) in [5.41, 5.74) is 4.05. The van der Waals surface area contributed by atoms with Crippen molar-refractivity contribution < 1.29 is 22.4 Å². The zero-order valence-electron chi connectivity index (χ0n) is 23.5. The van der Waals surface area contributed by atoms with Crippen molar-refractivity contribution in [1.29, 1.82) is 0 Å². The van der Waals surface area contributed by atoms with Crippen molar-refractivity contribution in [3.63, 3.8) is 0 Å². The highest BCUT2D eigenvalue weighted by atomic mass is 79.9. The summed E-state index contributed by atoms with van der Waals surface area (Å²) in [5, 5.41) is 3.70. The largest absolute Gasteiger partial charge is 0.433 e. The number of pyridine rings is 1. The second kappa shape index (κ2) is 11.0. The Kier molecular flexibility index (Phi) is 8.46. The Morgan fingerprint density at radius 2 is 1.85 bits per heavy atom.